The summed E-state index contributed by atoms with van der Waals surface area (Å²) in [5.41, 5.74) is 5.68. The molecule has 5 heteroatoms. The van der Waals surface area contributed by atoms with E-state index in [1.54, 1.807) is 0 Å². The zero-order valence-electron chi connectivity index (χ0n) is 11.8. The van der Waals surface area contributed by atoms with Gasteiger partial charge in [-0.1, -0.05) is 6.07 Å². The van der Waals surface area contributed by atoms with Gasteiger partial charge in [-0.15, -0.1) is 0 Å². The summed E-state index contributed by atoms with van der Waals surface area (Å²) in [5, 5.41) is 0. The van der Waals surface area contributed by atoms with Crippen LogP contribution in [0.2, 0.25) is 0 Å². The minimum absolute atomic E-state index is 0.0830. The van der Waals surface area contributed by atoms with Gasteiger partial charge in [0.1, 0.15) is 17.2 Å². The van der Waals surface area contributed by atoms with Crippen LogP contribution in [0.3, 0.4) is 0 Å². The summed E-state index contributed by atoms with van der Waals surface area (Å²) < 4.78 is 27.7. The van der Waals surface area contributed by atoms with Crippen molar-refractivity contribution < 1.29 is 13.6 Å². The summed E-state index contributed by atoms with van der Waals surface area (Å²) in [5.74, 6) is -1.75. The summed E-state index contributed by atoms with van der Waals surface area (Å²) in [6, 6.07) is 2.56. The number of benzene rings is 1. The Morgan fingerprint density at radius 1 is 1.35 bits per heavy atom. The molecule has 0 bridgehead atoms. The molecule has 1 amide bonds. The predicted molar refractivity (Wildman–Crippen MR) is 73.4 cm³/mol. The Kier molecular flexibility index (Phi) is 4.38. The Bertz CT molecular complexity index is 509. The molecule has 1 aromatic carbocycles. The van der Waals surface area contributed by atoms with Gasteiger partial charge in [0.2, 0.25) is 0 Å². The zero-order chi connectivity index (χ0) is 14.9. The lowest BCUT2D eigenvalue weighted by Gasteiger charge is -2.33. The fourth-order valence-electron chi connectivity index (χ4n) is 2.64. The van der Waals surface area contributed by atoms with E-state index < -0.39 is 23.1 Å². The van der Waals surface area contributed by atoms with Crippen molar-refractivity contribution in [1.82, 2.24) is 4.90 Å². The van der Waals surface area contributed by atoms with E-state index in [0.717, 1.165) is 18.9 Å². The van der Waals surface area contributed by atoms with Gasteiger partial charge in [-0.3, -0.25) is 4.79 Å². The average molecular weight is 282 g/mol. The van der Waals surface area contributed by atoms with Crippen molar-refractivity contribution in [3.05, 3.63) is 34.9 Å². The van der Waals surface area contributed by atoms with Crippen molar-refractivity contribution in [2.75, 3.05) is 13.1 Å². The molecule has 1 aliphatic heterocycles. The predicted octanol–water partition coefficient (Wildman–Crippen LogP) is 2.47. The fraction of sp³-hybridized carbons (Fsp3) is 0.533. The smallest absolute Gasteiger partial charge is 0.259 e. The van der Waals surface area contributed by atoms with Crippen molar-refractivity contribution in [3.63, 3.8) is 0 Å². The zero-order valence-corrected chi connectivity index (χ0v) is 11.8. The highest BCUT2D eigenvalue weighted by Crippen LogP contribution is 2.23. The maximum atomic E-state index is 14.0. The summed E-state index contributed by atoms with van der Waals surface area (Å²) in [4.78, 5) is 13.8. The molecule has 0 saturated carbocycles. The van der Waals surface area contributed by atoms with E-state index in [-0.39, 0.29) is 11.6 Å². The quantitative estimate of drug-likeness (QED) is 0.905. The third kappa shape index (κ3) is 2.82. The maximum absolute atomic E-state index is 14.0. The summed E-state index contributed by atoms with van der Waals surface area (Å²) in [7, 11) is 0. The van der Waals surface area contributed by atoms with Crippen molar-refractivity contribution >= 4 is 5.91 Å². The molecule has 0 aromatic heterocycles. The number of amides is 1. The molecule has 1 heterocycles. The highest BCUT2D eigenvalue weighted by Gasteiger charge is 2.29. The molecule has 1 saturated heterocycles. The lowest BCUT2D eigenvalue weighted by molar-refractivity contribution is 0.0671. The minimum Gasteiger partial charge on any atom is -0.338 e. The third-order valence-electron chi connectivity index (χ3n) is 4.07. The van der Waals surface area contributed by atoms with Crippen LogP contribution in [0.25, 0.3) is 0 Å². The molecule has 0 radical (unpaired) electrons. The van der Waals surface area contributed by atoms with Gasteiger partial charge in [0.25, 0.3) is 5.91 Å². The van der Waals surface area contributed by atoms with Crippen molar-refractivity contribution in [1.29, 1.82) is 0 Å². The van der Waals surface area contributed by atoms with Gasteiger partial charge in [-0.25, -0.2) is 8.78 Å². The number of hydrogen-bond acceptors (Lipinski definition) is 2. The molecule has 2 N–H and O–H groups in total. The van der Waals surface area contributed by atoms with E-state index in [0.29, 0.717) is 19.0 Å². The lowest BCUT2D eigenvalue weighted by Crippen LogP contribution is -2.43. The molecule has 0 aliphatic carbocycles. The molecule has 1 fully saturated rings. The number of halogens is 2. The fourth-order valence-corrected chi connectivity index (χ4v) is 2.64. The first kappa shape index (κ1) is 14.9. The second-order valence-corrected chi connectivity index (χ2v) is 5.54. The van der Waals surface area contributed by atoms with Gasteiger partial charge < -0.3 is 10.6 Å². The number of carbonyl (C=O) groups is 1. The third-order valence-corrected chi connectivity index (χ3v) is 4.07. The van der Waals surface area contributed by atoms with Gasteiger partial charge in [-0.2, -0.15) is 0 Å². The topological polar surface area (TPSA) is 46.3 Å². The van der Waals surface area contributed by atoms with Crippen LogP contribution in [0.5, 0.6) is 0 Å². The average Bonchev–Trinajstić information content (AvgIpc) is 2.43. The molecular formula is C15H20F2N2O. The molecule has 2 rings (SSSR count). The van der Waals surface area contributed by atoms with Gasteiger partial charge in [0.15, 0.2) is 0 Å². The summed E-state index contributed by atoms with van der Waals surface area (Å²) >= 11 is 0. The van der Waals surface area contributed by atoms with Crippen LogP contribution in [-0.4, -0.2) is 29.9 Å². The molecule has 1 unspecified atom stereocenters. The van der Waals surface area contributed by atoms with E-state index in [2.05, 4.69) is 0 Å². The molecule has 1 aromatic rings. The Labute approximate surface area is 117 Å². The van der Waals surface area contributed by atoms with Crippen LogP contribution in [0.1, 0.15) is 35.7 Å². The molecular weight excluding hydrogens is 262 g/mol. The number of piperidine rings is 1. The molecule has 110 valence electrons. The van der Waals surface area contributed by atoms with Gasteiger partial charge in [0.05, 0.1) is 0 Å². The molecule has 1 atom stereocenters. The van der Waals surface area contributed by atoms with Crippen LogP contribution in [0.15, 0.2) is 12.1 Å². The number of rotatable bonds is 2. The number of carbonyl (C=O) groups excluding carboxylic acids is 1. The number of likely N-dealkylation sites (tertiary alicyclic amines) is 1. The number of aryl methyl sites for hydroxylation is 1. The standard InChI is InChI=1S/C15H20F2N2O/c1-9-3-4-12(16)13(14(9)17)15(20)19-7-5-11(6-8-19)10(2)18/h3-4,10-11H,5-8,18H2,1-2H3. The second-order valence-electron chi connectivity index (χ2n) is 5.54. The number of hydrogen-bond donors (Lipinski definition) is 1. The Morgan fingerprint density at radius 3 is 2.50 bits per heavy atom. The van der Waals surface area contributed by atoms with Crippen LogP contribution in [0.4, 0.5) is 8.78 Å². The van der Waals surface area contributed by atoms with Crippen molar-refractivity contribution in [2.45, 2.75) is 32.7 Å². The van der Waals surface area contributed by atoms with Gasteiger partial charge >= 0.3 is 0 Å². The first-order chi connectivity index (χ1) is 9.41. The van der Waals surface area contributed by atoms with E-state index in [9.17, 15) is 13.6 Å². The van der Waals surface area contributed by atoms with Crippen LogP contribution in [0, 0.1) is 24.5 Å². The highest BCUT2D eigenvalue weighted by molar-refractivity contribution is 5.95. The van der Waals surface area contributed by atoms with Crippen LogP contribution in [-0.2, 0) is 0 Å². The first-order valence-electron chi connectivity index (χ1n) is 6.91. The Morgan fingerprint density at radius 2 is 1.95 bits per heavy atom. The molecule has 3 nitrogen and oxygen atoms in total. The monoisotopic (exact) mass is 282 g/mol. The molecule has 20 heavy (non-hydrogen) atoms. The van der Waals surface area contributed by atoms with E-state index in [1.807, 2.05) is 6.92 Å². The van der Waals surface area contributed by atoms with Gasteiger partial charge in [-0.05, 0) is 44.2 Å². The van der Waals surface area contributed by atoms with Crippen LogP contribution >= 0.6 is 0 Å². The SMILES string of the molecule is Cc1ccc(F)c(C(=O)N2CCC(C(C)N)CC2)c1F. The summed E-state index contributed by atoms with van der Waals surface area (Å²) in [6.07, 6.45) is 1.55. The second kappa shape index (κ2) is 5.87. The number of nitrogens with zero attached hydrogens (tertiary/aromatic N) is 1. The van der Waals surface area contributed by atoms with Crippen molar-refractivity contribution in [2.24, 2.45) is 11.7 Å². The van der Waals surface area contributed by atoms with E-state index in [4.69, 9.17) is 5.73 Å². The van der Waals surface area contributed by atoms with E-state index >= 15 is 0 Å². The Hall–Kier alpha value is -1.49. The maximum Gasteiger partial charge on any atom is 0.259 e. The first-order valence-corrected chi connectivity index (χ1v) is 6.91. The van der Waals surface area contributed by atoms with E-state index in [1.165, 1.54) is 17.9 Å². The normalized spacial score (nSPS) is 18.1. The number of nitrogens with two attached hydrogens (primary N) is 1. The lowest BCUT2D eigenvalue weighted by atomic mass is 9.90. The molecule has 1 aliphatic rings. The largest absolute Gasteiger partial charge is 0.338 e. The van der Waals surface area contributed by atoms with Crippen molar-refractivity contribution in [3.8, 4) is 0 Å². The van der Waals surface area contributed by atoms with Crippen LogP contribution < -0.4 is 5.73 Å². The Balaban J connectivity index is 2.16. The van der Waals surface area contributed by atoms with Gasteiger partial charge in [0, 0.05) is 19.1 Å². The highest BCUT2D eigenvalue weighted by atomic mass is 19.1. The minimum atomic E-state index is -0.799. The summed E-state index contributed by atoms with van der Waals surface area (Å²) in [6.45, 7) is 4.46. The molecule has 0 spiro atoms.